The molecule has 0 unspecified atom stereocenters. The normalized spacial score (nSPS) is 10.9. The molecule has 4 rings (SSSR count). The minimum atomic E-state index is -0.377. The average molecular weight is 550 g/mol. The molecule has 0 saturated heterocycles. The largest absolute Gasteiger partial charge is 0.493 e. The van der Waals surface area contributed by atoms with E-state index >= 15 is 0 Å². The second-order valence-electron chi connectivity index (χ2n) is 9.22. The molecule has 0 aliphatic carbocycles. The molecule has 1 aromatic heterocycles. The lowest BCUT2D eigenvalue weighted by atomic mass is 10.1. The van der Waals surface area contributed by atoms with Gasteiger partial charge in [-0.2, -0.15) is 0 Å². The first kappa shape index (κ1) is 28.0. The Morgan fingerprint density at radius 2 is 1.67 bits per heavy atom. The second-order valence-corrected chi connectivity index (χ2v) is 9.66. The zero-order chi connectivity index (χ0) is 27.8. The summed E-state index contributed by atoms with van der Waals surface area (Å²) in [6.07, 6.45) is 2.04. The number of ether oxygens (including phenoxy) is 2. The van der Waals surface area contributed by atoms with E-state index in [0.717, 1.165) is 11.1 Å². The van der Waals surface area contributed by atoms with Crippen molar-refractivity contribution in [2.75, 3.05) is 20.8 Å². The number of carbonyl (C=O) groups excluding carboxylic acids is 1. The van der Waals surface area contributed by atoms with Crippen molar-refractivity contribution in [1.82, 2.24) is 14.5 Å². The van der Waals surface area contributed by atoms with Gasteiger partial charge < -0.3 is 14.8 Å². The molecule has 0 saturated carbocycles. The van der Waals surface area contributed by atoms with E-state index in [4.69, 9.17) is 21.1 Å². The third-order valence-corrected chi connectivity index (χ3v) is 6.82. The van der Waals surface area contributed by atoms with Crippen LogP contribution >= 0.6 is 11.6 Å². The molecule has 0 aliphatic rings. The van der Waals surface area contributed by atoms with Crippen molar-refractivity contribution in [3.63, 3.8) is 0 Å². The number of fused-ring (bicyclic) bond motifs is 1. The standard InChI is InChI=1S/C30H32ClN3O5/c1-38-26-14-13-21(19-27(26)39-2)15-16-32-28(35)12-5-6-17-33-29(36)24-10-3-4-11-25(24)34(30(33)37)20-22-8-7-9-23(31)18-22/h3-4,7-11,13-14,18-19H,5-6,12,15-17,20H2,1-2H3,(H,32,35). The third kappa shape index (κ3) is 6.89. The van der Waals surface area contributed by atoms with Crippen molar-refractivity contribution >= 4 is 28.4 Å². The lowest BCUT2D eigenvalue weighted by Crippen LogP contribution is -2.40. The minimum absolute atomic E-state index is 0.0697. The Balaban J connectivity index is 1.35. The fraction of sp³-hybridized carbons (Fsp3) is 0.300. The fourth-order valence-electron chi connectivity index (χ4n) is 4.57. The first-order valence-electron chi connectivity index (χ1n) is 12.9. The van der Waals surface area contributed by atoms with Crippen LogP contribution in [-0.4, -0.2) is 35.8 Å². The van der Waals surface area contributed by atoms with Gasteiger partial charge in [0.25, 0.3) is 5.56 Å². The molecule has 8 nitrogen and oxygen atoms in total. The maximum atomic E-state index is 13.4. The summed E-state index contributed by atoms with van der Waals surface area (Å²) in [6, 6.07) is 20.1. The van der Waals surface area contributed by atoms with E-state index in [1.54, 1.807) is 43.1 Å². The average Bonchev–Trinajstić information content (AvgIpc) is 2.94. The molecule has 9 heteroatoms. The van der Waals surface area contributed by atoms with Gasteiger partial charge >= 0.3 is 5.69 Å². The molecule has 0 radical (unpaired) electrons. The van der Waals surface area contributed by atoms with Gasteiger partial charge in [0.1, 0.15) is 0 Å². The molecule has 1 amide bonds. The lowest BCUT2D eigenvalue weighted by Gasteiger charge is -2.14. The number of hydrogen-bond acceptors (Lipinski definition) is 5. The van der Waals surface area contributed by atoms with Gasteiger partial charge in [-0.3, -0.25) is 18.7 Å². The molecule has 0 bridgehead atoms. The molecule has 0 aliphatic heterocycles. The summed E-state index contributed by atoms with van der Waals surface area (Å²) in [5.74, 6) is 1.24. The van der Waals surface area contributed by atoms with Crippen molar-refractivity contribution in [1.29, 1.82) is 0 Å². The van der Waals surface area contributed by atoms with Crippen molar-refractivity contribution in [3.8, 4) is 11.5 Å². The van der Waals surface area contributed by atoms with Crippen LogP contribution in [0.15, 0.2) is 76.3 Å². The Morgan fingerprint density at radius 3 is 2.44 bits per heavy atom. The highest BCUT2D eigenvalue weighted by molar-refractivity contribution is 6.30. The summed E-state index contributed by atoms with van der Waals surface area (Å²) in [7, 11) is 3.18. The van der Waals surface area contributed by atoms with Crippen LogP contribution in [0, 0.1) is 0 Å². The van der Waals surface area contributed by atoms with Crippen LogP contribution in [0.2, 0.25) is 5.02 Å². The predicted molar refractivity (Wildman–Crippen MR) is 153 cm³/mol. The SMILES string of the molecule is COc1ccc(CCNC(=O)CCCCn2c(=O)c3ccccc3n(Cc3cccc(Cl)c3)c2=O)cc1OC. The van der Waals surface area contributed by atoms with Gasteiger partial charge in [-0.25, -0.2) is 4.79 Å². The van der Waals surface area contributed by atoms with Crippen LogP contribution in [0.4, 0.5) is 0 Å². The molecule has 1 N–H and O–H groups in total. The first-order chi connectivity index (χ1) is 18.9. The Kier molecular flexibility index (Phi) is 9.44. The molecule has 0 atom stereocenters. The Hall–Kier alpha value is -4.04. The number of amides is 1. The summed E-state index contributed by atoms with van der Waals surface area (Å²) in [6.45, 7) is 1.02. The summed E-state index contributed by atoms with van der Waals surface area (Å²) >= 11 is 6.14. The molecule has 0 spiro atoms. The number of methoxy groups -OCH3 is 2. The van der Waals surface area contributed by atoms with Crippen LogP contribution in [-0.2, 0) is 24.3 Å². The zero-order valence-corrected chi connectivity index (χ0v) is 22.9. The fourth-order valence-corrected chi connectivity index (χ4v) is 4.78. The van der Waals surface area contributed by atoms with Crippen molar-refractivity contribution in [3.05, 3.63) is 104 Å². The molecular weight excluding hydrogens is 518 g/mol. The highest BCUT2D eigenvalue weighted by atomic mass is 35.5. The minimum Gasteiger partial charge on any atom is -0.493 e. The number of para-hydroxylation sites is 1. The number of carbonyl (C=O) groups is 1. The molecule has 0 fully saturated rings. The summed E-state index contributed by atoms with van der Waals surface area (Å²) in [5, 5.41) is 3.99. The Morgan fingerprint density at radius 1 is 0.872 bits per heavy atom. The van der Waals surface area contributed by atoms with Crippen LogP contribution in [0.5, 0.6) is 11.5 Å². The highest BCUT2D eigenvalue weighted by Crippen LogP contribution is 2.27. The van der Waals surface area contributed by atoms with E-state index < -0.39 is 0 Å². The Bertz CT molecular complexity index is 1580. The molecular formula is C30H32ClN3O5. The Labute approximate surface area is 231 Å². The van der Waals surface area contributed by atoms with Gasteiger partial charge in [0.05, 0.1) is 31.7 Å². The van der Waals surface area contributed by atoms with Gasteiger partial charge in [0.2, 0.25) is 5.91 Å². The first-order valence-corrected chi connectivity index (χ1v) is 13.2. The quantitative estimate of drug-likeness (QED) is 0.264. The van der Waals surface area contributed by atoms with Crippen LogP contribution in [0.25, 0.3) is 10.9 Å². The van der Waals surface area contributed by atoms with Crippen molar-refractivity contribution < 1.29 is 14.3 Å². The van der Waals surface area contributed by atoms with Gasteiger partial charge in [-0.1, -0.05) is 41.9 Å². The molecule has 204 valence electrons. The van der Waals surface area contributed by atoms with Gasteiger partial charge in [-0.15, -0.1) is 0 Å². The van der Waals surface area contributed by atoms with Gasteiger partial charge in [0, 0.05) is 24.5 Å². The third-order valence-electron chi connectivity index (χ3n) is 6.58. The van der Waals surface area contributed by atoms with Crippen molar-refractivity contribution in [2.45, 2.75) is 38.8 Å². The number of rotatable bonds is 12. The number of unbranched alkanes of at least 4 members (excludes halogenated alkanes) is 1. The highest BCUT2D eigenvalue weighted by Gasteiger charge is 2.14. The number of nitrogens with zero attached hydrogens (tertiary/aromatic N) is 2. The zero-order valence-electron chi connectivity index (χ0n) is 22.1. The van der Waals surface area contributed by atoms with Gasteiger partial charge in [0.15, 0.2) is 11.5 Å². The number of benzene rings is 3. The van der Waals surface area contributed by atoms with E-state index in [1.807, 2.05) is 42.5 Å². The number of nitrogens with one attached hydrogen (secondary N) is 1. The van der Waals surface area contributed by atoms with E-state index in [2.05, 4.69) is 5.32 Å². The van der Waals surface area contributed by atoms with E-state index in [1.165, 1.54) is 4.57 Å². The monoisotopic (exact) mass is 549 g/mol. The van der Waals surface area contributed by atoms with Crippen LogP contribution in [0.1, 0.15) is 30.4 Å². The van der Waals surface area contributed by atoms with Crippen LogP contribution < -0.4 is 26.0 Å². The number of aromatic nitrogens is 2. The van der Waals surface area contributed by atoms with Crippen molar-refractivity contribution in [2.24, 2.45) is 0 Å². The summed E-state index contributed by atoms with van der Waals surface area (Å²) < 4.78 is 13.4. The molecule has 1 heterocycles. The van der Waals surface area contributed by atoms with Crippen LogP contribution in [0.3, 0.4) is 0 Å². The second kappa shape index (κ2) is 13.2. The topological polar surface area (TPSA) is 91.6 Å². The van der Waals surface area contributed by atoms with E-state index in [0.29, 0.717) is 66.2 Å². The summed E-state index contributed by atoms with van der Waals surface area (Å²) in [4.78, 5) is 38.9. The maximum absolute atomic E-state index is 13.4. The maximum Gasteiger partial charge on any atom is 0.331 e. The van der Waals surface area contributed by atoms with E-state index in [9.17, 15) is 14.4 Å². The predicted octanol–water partition coefficient (Wildman–Crippen LogP) is 4.41. The van der Waals surface area contributed by atoms with E-state index in [-0.39, 0.29) is 23.7 Å². The van der Waals surface area contributed by atoms with Gasteiger partial charge in [-0.05, 0) is 66.8 Å². The molecule has 3 aromatic carbocycles. The lowest BCUT2D eigenvalue weighted by molar-refractivity contribution is -0.121. The molecule has 39 heavy (non-hydrogen) atoms. The number of hydrogen-bond donors (Lipinski definition) is 1. The smallest absolute Gasteiger partial charge is 0.331 e. The number of halogens is 1. The molecule has 4 aromatic rings. The summed E-state index contributed by atoms with van der Waals surface area (Å²) in [5.41, 5.74) is 1.77.